The summed E-state index contributed by atoms with van der Waals surface area (Å²) in [5.74, 6) is -0.640. The molecule has 0 N–H and O–H groups in total. The molecule has 0 bridgehead atoms. The molecule has 0 spiro atoms. The highest BCUT2D eigenvalue weighted by Crippen LogP contribution is 2.33. The van der Waals surface area contributed by atoms with Gasteiger partial charge in [0.15, 0.2) is 11.3 Å². The molecule has 0 fully saturated rings. The third-order valence-electron chi connectivity index (χ3n) is 5.01. The van der Waals surface area contributed by atoms with Gasteiger partial charge in [0.1, 0.15) is 19.4 Å². The average Bonchev–Trinajstić information content (AvgIpc) is 2.78. The number of nitriles is 1. The Hall–Kier alpha value is -2.75. The number of ether oxygens (including phenoxy) is 3. The molecule has 2 aromatic rings. The topological polar surface area (TPSA) is 99.3 Å². The van der Waals surface area contributed by atoms with E-state index in [0.29, 0.717) is 29.7 Å². The zero-order chi connectivity index (χ0) is 26.1. The number of pyridine rings is 1. The van der Waals surface area contributed by atoms with Crippen LogP contribution in [0.5, 0.6) is 5.75 Å². The highest BCUT2D eigenvalue weighted by atomic mass is 28.3. The van der Waals surface area contributed by atoms with Crippen LogP contribution in [0.3, 0.4) is 0 Å². The predicted octanol–water partition coefficient (Wildman–Crippen LogP) is 4.26. The SMILES string of the molecule is CC(CCc1ccc(C#N)cn1)OCCOc1cnn(COCC[Si](C)(C)C)c(=O)c1C(F)(F)F. The first-order chi connectivity index (χ1) is 16.4. The first kappa shape index (κ1) is 28.5. The van der Waals surface area contributed by atoms with E-state index in [1.165, 1.54) is 6.20 Å². The number of aryl methyl sites for hydroxylation is 1. The van der Waals surface area contributed by atoms with E-state index in [9.17, 15) is 18.0 Å². The summed E-state index contributed by atoms with van der Waals surface area (Å²) < 4.78 is 57.5. The van der Waals surface area contributed by atoms with Gasteiger partial charge in [-0.2, -0.15) is 23.5 Å². The van der Waals surface area contributed by atoms with Gasteiger partial charge < -0.3 is 14.2 Å². The third kappa shape index (κ3) is 9.79. The second kappa shape index (κ2) is 12.8. The number of aromatic nitrogens is 3. The molecule has 0 saturated carbocycles. The summed E-state index contributed by atoms with van der Waals surface area (Å²) in [5, 5.41) is 12.6. The van der Waals surface area contributed by atoms with Gasteiger partial charge in [-0.25, -0.2) is 4.68 Å². The lowest BCUT2D eigenvalue weighted by molar-refractivity contribution is -0.141. The van der Waals surface area contributed by atoms with Crippen molar-refractivity contribution >= 4 is 8.07 Å². The Labute approximate surface area is 203 Å². The second-order valence-corrected chi connectivity index (χ2v) is 14.9. The van der Waals surface area contributed by atoms with Crippen LogP contribution in [-0.2, 0) is 28.8 Å². The predicted molar refractivity (Wildman–Crippen MR) is 126 cm³/mol. The van der Waals surface area contributed by atoms with E-state index in [0.717, 1.165) is 17.9 Å². The Bertz CT molecular complexity index is 1050. The maximum absolute atomic E-state index is 13.6. The van der Waals surface area contributed by atoms with Gasteiger partial charge >= 0.3 is 6.18 Å². The molecule has 0 amide bonds. The van der Waals surface area contributed by atoms with E-state index in [-0.39, 0.29) is 26.0 Å². The first-order valence-electron chi connectivity index (χ1n) is 11.2. The largest absolute Gasteiger partial charge is 0.489 e. The van der Waals surface area contributed by atoms with Crippen LogP contribution in [0.4, 0.5) is 13.2 Å². The van der Waals surface area contributed by atoms with E-state index in [2.05, 4.69) is 29.7 Å². The molecule has 12 heteroatoms. The first-order valence-corrected chi connectivity index (χ1v) is 15.0. The molecule has 2 heterocycles. The van der Waals surface area contributed by atoms with Crippen molar-refractivity contribution in [3.8, 4) is 11.8 Å². The Balaban J connectivity index is 1.87. The molecule has 0 aliphatic carbocycles. The van der Waals surface area contributed by atoms with Crippen molar-refractivity contribution in [2.45, 2.75) is 64.5 Å². The summed E-state index contributed by atoms with van der Waals surface area (Å²) in [6, 6.07) is 6.26. The summed E-state index contributed by atoms with van der Waals surface area (Å²) >= 11 is 0. The van der Waals surface area contributed by atoms with E-state index in [1.807, 2.05) is 13.0 Å². The Morgan fingerprint density at radius 2 is 1.91 bits per heavy atom. The van der Waals surface area contributed by atoms with Crippen molar-refractivity contribution in [1.29, 1.82) is 5.26 Å². The zero-order valence-corrected chi connectivity index (χ0v) is 21.4. The molecule has 2 aromatic heterocycles. The van der Waals surface area contributed by atoms with Crippen LogP contribution in [0.1, 0.15) is 30.2 Å². The van der Waals surface area contributed by atoms with Crippen LogP contribution >= 0.6 is 0 Å². The highest BCUT2D eigenvalue weighted by molar-refractivity contribution is 6.76. The van der Waals surface area contributed by atoms with Crippen LogP contribution in [-0.4, -0.2) is 48.8 Å². The number of alkyl halides is 3. The fourth-order valence-corrected chi connectivity index (χ4v) is 3.70. The number of hydrogen-bond acceptors (Lipinski definition) is 7. The number of nitrogens with zero attached hydrogens (tertiary/aromatic N) is 4. The van der Waals surface area contributed by atoms with Crippen molar-refractivity contribution in [3.63, 3.8) is 0 Å². The second-order valence-electron chi connectivity index (χ2n) is 9.25. The van der Waals surface area contributed by atoms with Gasteiger partial charge in [0.05, 0.1) is 24.5 Å². The van der Waals surface area contributed by atoms with Crippen molar-refractivity contribution in [2.75, 3.05) is 19.8 Å². The Morgan fingerprint density at radius 1 is 1.17 bits per heavy atom. The maximum atomic E-state index is 13.6. The highest BCUT2D eigenvalue weighted by Gasteiger charge is 2.39. The van der Waals surface area contributed by atoms with Gasteiger partial charge in [-0.3, -0.25) is 9.78 Å². The number of hydrogen-bond donors (Lipinski definition) is 0. The molecule has 8 nitrogen and oxygen atoms in total. The molecule has 1 unspecified atom stereocenters. The van der Waals surface area contributed by atoms with Gasteiger partial charge in [-0.1, -0.05) is 19.6 Å². The normalized spacial score (nSPS) is 12.9. The average molecular weight is 513 g/mol. The van der Waals surface area contributed by atoms with Crippen LogP contribution in [0.25, 0.3) is 0 Å². The van der Waals surface area contributed by atoms with E-state index in [4.69, 9.17) is 19.5 Å². The Kier molecular flexibility index (Phi) is 10.4. The van der Waals surface area contributed by atoms with Gasteiger partial charge in [0.2, 0.25) is 0 Å². The molecule has 0 aliphatic rings. The molecule has 0 aromatic carbocycles. The molecular weight excluding hydrogens is 481 g/mol. The molecule has 35 heavy (non-hydrogen) atoms. The lowest BCUT2D eigenvalue weighted by atomic mass is 10.1. The van der Waals surface area contributed by atoms with Crippen molar-refractivity contribution in [1.82, 2.24) is 14.8 Å². The van der Waals surface area contributed by atoms with Crippen molar-refractivity contribution < 1.29 is 27.4 Å². The summed E-state index contributed by atoms with van der Waals surface area (Å²) in [6.07, 6.45) is -1.48. The molecule has 0 aliphatic heterocycles. The van der Waals surface area contributed by atoms with Gasteiger partial charge in [-0.15, -0.1) is 0 Å². The molecular formula is C23H31F3N4O4Si. The maximum Gasteiger partial charge on any atom is 0.425 e. The fraction of sp³-hybridized carbons (Fsp3) is 0.565. The zero-order valence-electron chi connectivity index (χ0n) is 20.4. The summed E-state index contributed by atoms with van der Waals surface area (Å²) in [4.78, 5) is 16.6. The smallest absolute Gasteiger partial charge is 0.425 e. The van der Waals surface area contributed by atoms with Crippen LogP contribution in [0.15, 0.2) is 29.3 Å². The fourth-order valence-electron chi connectivity index (χ4n) is 2.94. The standard InChI is InChI=1S/C23H31F3N4O4Si/c1-17(5-7-19-8-6-18(13-27)14-28-19)33-9-10-34-20-15-29-30(16-32-11-12-35(2,3)4)22(31)21(20)23(24,25)26/h6,8,14-15,17H,5,7,9-12,16H2,1-4H3. The summed E-state index contributed by atoms with van der Waals surface area (Å²) in [6.45, 7) is 8.10. The number of rotatable bonds is 13. The van der Waals surface area contributed by atoms with E-state index in [1.54, 1.807) is 12.1 Å². The molecule has 2 rings (SSSR count). The van der Waals surface area contributed by atoms with Crippen molar-refractivity contribution in [2.24, 2.45) is 0 Å². The molecule has 1 atom stereocenters. The van der Waals surface area contributed by atoms with Crippen LogP contribution in [0, 0.1) is 11.3 Å². The van der Waals surface area contributed by atoms with Crippen LogP contribution < -0.4 is 10.3 Å². The minimum absolute atomic E-state index is 0.0299. The lowest BCUT2D eigenvalue weighted by Crippen LogP contribution is -2.32. The van der Waals surface area contributed by atoms with Gasteiger partial charge in [0.25, 0.3) is 5.56 Å². The summed E-state index contributed by atoms with van der Waals surface area (Å²) in [7, 11) is -1.37. The molecule has 0 saturated heterocycles. The van der Waals surface area contributed by atoms with Gasteiger partial charge in [0, 0.05) is 26.6 Å². The monoisotopic (exact) mass is 512 g/mol. The van der Waals surface area contributed by atoms with E-state index < -0.39 is 31.1 Å². The third-order valence-corrected chi connectivity index (χ3v) is 6.71. The molecule has 0 radical (unpaired) electrons. The minimum Gasteiger partial charge on any atom is -0.489 e. The Morgan fingerprint density at radius 3 is 2.51 bits per heavy atom. The van der Waals surface area contributed by atoms with E-state index >= 15 is 0 Å². The quantitative estimate of drug-likeness (QED) is 0.292. The lowest BCUT2D eigenvalue weighted by Gasteiger charge is -2.17. The van der Waals surface area contributed by atoms with Gasteiger partial charge in [-0.05, 0) is 37.9 Å². The van der Waals surface area contributed by atoms with Crippen LogP contribution in [0.2, 0.25) is 25.7 Å². The molecule has 192 valence electrons. The minimum atomic E-state index is -4.91. The van der Waals surface area contributed by atoms with Crippen molar-refractivity contribution in [3.05, 3.63) is 51.7 Å². The number of halogens is 3. The summed E-state index contributed by atoms with van der Waals surface area (Å²) in [5.41, 5.74) is -1.44.